The van der Waals surface area contributed by atoms with Gasteiger partial charge in [-0.25, -0.2) is 4.57 Å². The molecule has 278 valence electrons. The van der Waals surface area contributed by atoms with Crippen molar-refractivity contribution in [2.24, 2.45) is 0 Å². The molecule has 0 aromatic heterocycles. The van der Waals surface area contributed by atoms with Crippen LogP contribution >= 0.6 is 7.82 Å². The SMILES string of the molecule is CC/C=C\C/C=C\C/C=C\C/C=C\CCC(=O)OC(COC(=O)CCCCCCCCCCCCCC)COP(=O)(O)OCC(O)CO. The summed E-state index contributed by atoms with van der Waals surface area (Å²) >= 11 is 0. The monoisotopic (exact) mass is 700 g/mol. The van der Waals surface area contributed by atoms with Crippen LogP contribution < -0.4 is 0 Å². The van der Waals surface area contributed by atoms with Crippen molar-refractivity contribution in [1.29, 1.82) is 0 Å². The molecule has 0 aromatic rings. The largest absolute Gasteiger partial charge is 0.472 e. The Bertz CT molecular complexity index is 946. The number of aliphatic hydroxyl groups is 2. The molecule has 3 unspecified atom stereocenters. The second-order valence-corrected chi connectivity index (χ2v) is 13.3. The minimum atomic E-state index is -4.63. The van der Waals surface area contributed by atoms with Gasteiger partial charge in [0.1, 0.15) is 12.7 Å². The van der Waals surface area contributed by atoms with Crippen molar-refractivity contribution >= 4 is 19.8 Å². The molecular weight excluding hydrogens is 635 g/mol. The molecule has 10 nitrogen and oxygen atoms in total. The first-order chi connectivity index (χ1) is 23.2. The van der Waals surface area contributed by atoms with Crippen LogP contribution in [0.4, 0.5) is 0 Å². The van der Waals surface area contributed by atoms with E-state index in [0.717, 1.165) is 44.9 Å². The first kappa shape index (κ1) is 45.9. The highest BCUT2D eigenvalue weighted by Crippen LogP contribution is 2.43. The first-order valence-electron chi connectivity index (χ1n) is 18.1. The van der Waals surface area contributed by atoms with E-state index in [1.165, 1.54) is 51.4 Å². The van der Waals surface area contributed by atoms with Gasteiger partial charge < -0.3 is 24.6 Å². The van der Waals surface area contributed by atoms with Crippen molar-refractivity contribution in [2.75, 3.05) is 26.4 Å². The Morgan fingerprint density at radius 2 is 1.15 bits per heavy atom. The van der Waals surface area contributed by atoms with Gasteiger partial charge in [-0.2, -0.15) is 0 Å². The summed E-state index contributed by atoms with van der Waals surface area (Å²) in [6.45, 7) is 2.14. The number of hydrogen-bond acceptors (Lipinski definition) is 9. The van der Waals surface area contributed by atoms with Gasteiger partial charge in [0.05, 0.1) is 19.8 Å². The van der Waals surface area contributed by atoms with Gasteiger partial charge in [-0.05, 0) is 38.5 Å². The average molecular weight is 701 g/mol. The zero-order chi connectivity index (χ0) is 35.6. The van der Waals surface area contributed by atoms with Gasteiger partial charge in [-0.3, -0.25) is 18.6 Å². The molecule has 48 heavy (non-hydrogen) atoms. The molecule has 0 bridgehead atoms. The van der Waals surface area contributed by atoms with Crippen LogP contribution in [0.2, 0.25) is 0 Å². The summed E-state index contributed by atoms with van der Waals surface area (Å²) in [5, 5.41) is 18.2. The highest BCUT2D eigenvalue weighted by Gasteiger charge is 2.27. The van der Waals surface area contributed by atoms with Gasteiger partial charge in [-0.15, -0.1) is 0 Å². The lowest BCUT2D eigenvalue weighted by Gasteiger charge is -2.20. The van der Waals surface area contributed by atoms with E-state index < -0.39 is 51.8 Å². The third kappa shape index (κ3) is 32.5. The lowest BCUT2D eigenvalue weighted by molar-refractivity contribution is -0.161. The molecule has 3 atom stereocenters. The number of allylic oxidation sites excluding steroid dienone is 8. The Labute approximate surface area is 290 Å². The second kappa shape index (κ2) is 33.4. The highest BCUT2D eigenvalue weighted by molar-refractivity contribution is 7.47. The highest BCUT2D eigenvalue weighted by atomic mass is 31.2. The fraction of sp³-hybridized carbons (Fsp3) is 0.730. The van der Waals surface area contributed by atoms with E-state index in [-0.39, 0.29) is 19.4 Å². The maximum absolute atomic E-state index is 12.5. The average Bonchev–Trinajstić information content (AvgIpc) is 3.07. The minimum Gasteiger partial charge on any atom is -0.462 e. The summed E-state index contributed by atoms with van der Waals surface area (Å²) in [4.78, 5) is 34.7. The molecule has 0 radical (unpaired) electrons. The molecule has 0 heterocycles. The summed E-state index contributed by atoms with van der Waals surface area (Å²) < 4.78 is 32.4. The first-order valence-corrected chi connectivity index (χ1v) is 19.6. The lowest BCUT2D eigenvalue weighted by Crippen LogP contribution is -2.29. The standard InChI is InChI=1S/C37H65O10P/c1-3-5-7-9-11-13-15-17-19-21-23-25-27-29-37(41)47-35(33-46-48(42,43)45-31-34(39)30-38)32-44-36(40)28-26-24-22-20-18-16-14-12-10-8-6-4-2/h5,7,11,13,17,19,23,25,34-35,38-39H,3-4,6,8-10,12,14-16,18,20-22,24,26-33H2,1-2H3,(H,42,43)/b7-5-,13-11-,19-17-,25-23-. The molecule has 0 aliphatic carbocycles. The molecular formula is C37H65O10P. The Balaban J connectivity index is 4.52. The lowest BCUT2D eigenvalue weighted by atomic mass is 10.0. The maximum atomic E-state index is 12.5. The van der Waals surface area contributed by atoms with Crippen molar-refractivity contribution in [2.45, 2.75) is 148 Å². The van der Waals surface area contributed by atoms with E-state index >= 15 is 0 Å². The van der Waals surface area contributed by atoms with Gasteiger partial charge in [0.2, 0.25) is 0 Å². The molecule has 0 rings (SSSR count). The van der Waals surface area contributed by atoms with Crippen LogP contribution in [-0.4, -0.2) is 65.7 Å². The third-order valence-electron chi connectivity index (χ3n) is 7.26. The van der Waals surface area contributed by atoms with E-state index in [1.54, 1.807) is 0 Å². The summed E-state index contributed by atoms with van der Waals surface area (Å²) in [5.74, 6) is -1.02. The van der Waals surface area contributed by atoms with Gasteiger partial charge >= 0.3 is 19.8 Å². The third-order valence-corrected chi connectivity index (χ3v) is 8.21. The van der Waals surface area contributed by atoms with Gasteiger partial charge in [0, 0.05) is 12.8 Å². The van der Waals surface area contributed by atoms with Crippen LogP contribution in [-0.2, 0) is 32.7 Å². The topological polar surface area (TPSA) is 149 Å². The Kier molecular flexibility index (Phi) is 32.0. The quantitative estimate of drug-likeness (QED) is 0.0263. The zero-order valence-corrected chi connectivity index (χ0v) is 30.6. The molecule has 0 spiro atoms. The number of carbonyl (C=O) groups excluding carboxylic acids is 2. The van der Waals surface area contributed by atoms with E-state index in [2.05, 4.69) is 54.8 Å². The minimum absolute atomic E-state index is 0.0630. The molecule has 0 aliphatic heterocycles. The molecule has 0 saturated heterocycles. The maximum Gasteiger partial charge on any atom is 0.472 e. The second-order valence-electron chi connectivity index (χ2n) is 11.9. The van der Waals surface area contributed by atoms with Crippen LogP contribution in [0.5, 0.6) is 0 Å². The number of esters is 2. The molecule has 11 heteroatoms. The Morgan fingerprint density at radius 3 is 1.69 bits per heavy atom. The number of phosphoric acid groups is 1. The van der Waals surface area contributed by atoms with Crippen LogP contribution in [0.15, 0.2) is 48.6 Å². The fourth-order valence-electron chi connectivity index (χ4n) is 4.48. The predicted octanol–water partition coefficient (Wildman–Crippen LogP) is 8.60. The van der Waals surface area contributed by atoms with Gasteiger partial charge in [0.25, 0.3) is 0 Å². The number of carbonyl (C=O) groups is 2. The normalized spacial score (nSPS) is 14.7. The van der Waals surface area contributed by atoms with Crippen molar-refractivity contribution in [3.63, 3.8) is 0 Å². The number of unbranched alkanes of at least 4 members (excludes halogenated alkanes) is 11. The van der Waals surface area contributed by atoms with Crippen molar-refractivity contribution < 1.29 is 47.8 Å². The Morgan fingerprint density at radius 1 is 0.646 bits per heavy atom. The number of rotatable bonds is 33. The number of phosphoric ester groups is 1. The van der Waals surface area contributed by atoms with Crippen molar-refractivity contribution in [3.05, 3.63) is 48.6 Å². The molecule has 3 N–H and O–H groups in total. The van der Waals surface area contributed by atoms with Crippen LogP contribution in [0.1, 0.15) is 136 Å². The summed E-state index contributed by atoms with van der Waals surface area (Å²) in [7, 11) is -4.63. The number of hydrogen-bond donors (Lipinski definition) is 3. The smallest absolute Gasteiger partial charge is 0.462 e. The fourth-order valence-corrected chi connectivity index (χ4v) is 5.27. The van der Waals surface area contributed by atoms with Crippen molar-refractivity contribution in [1.82, 2.24) is 0 Å². The van der Waals surface area contributed by atoms with Crippen LogP contribution in [0.3, 0.4) is 0 Å². The van der Waals surface area contributed by atoms with Crippen LogP contribution in [0, 0.1) is 0 Å². The summed E-state index contributed by atoms with van der Waals surface area (Å²) in [5.41, 5.74) is 0. The molecule has 0 saturated carbocycles. The zero-order valence-electron chi connectivity index (χ0n) is 29.7. The van der Waals surface area contributed by atoms with Crippen LogP contribution in [0.25, 0.3) is 0 Å². The predicted molar refractivity (Wildman–Crippen MR) is 191 cm³/mol. The number of ether oxygens (including phenoxy) is 2. The molecule has 0 aromatic carbocycles. The van der Waals surface area contributed by atoms with E-state index in [1.807, 2.05) is 12.2 Å². The van der Waals surface area contributed by atoms with E-state index in [4.69, 9.17) is 19.1 Å². The summed E-state index contributed by atoms with van der Waals surface area (Å²) in [6, 6.07) is 0. The summed E-state index contributed by atoms with van der Waals surface area (Å²) in [6.07, 6.45) is 32.5. The molecule has 0 fully saturated rings. The molecule has 0 aliphatic rings. The van der Waals surface area contributed by atoms with Gasteiger partial charge in [0.15, 0.2) is 6.10 Å². The van der Waals surface area contributed by atoms with Gasteiger partial charge in [-0.1, -0.05) is 133 Å². The van der Waals surface area contributed by atoms with Crippen molar-refractivity contribution in [3.8, 4) is 0 Å². The van der Waals surface area contributed by atoms with E-state index in [9.17, 15) is 24.2 Å². The number of aliphatic hydroxyl groups excluding tert-OH is 2. The Hall–Kier alpha value is -2.07. The van der Waals surface area contributed by atoms with E-state index in [0.29, 0.717) is 12.8 Å². The molecule has 0 amide bonds.